The monoisotopic (exact) mass is 573 g/mol. The molecule has 2 aliphatic rings. The van der Waals surface area contributed by atoms with Crippen LogP contribution in [-0.4, -0.2) is 75.3 Å². The lowest BCUT2D eigenvalue weighted by molar-refractivity contribution is -0.129. The van der Waals surface area contributed by atoms with Gasteiger partial charge < -0.3 is 30.3 Å². The van der Waals surface area contributed by atoms with Gasteiger partial charge in [-0.15, -0.1) is 0 Å². The smallest absolute Gasteiger partial charge is 0.329 e. The summed E-state index contributed by atoms with van der Waals surface area (Å²) in [5, 5.41) is 3.38. The molecule has 0 unspecified atom stereocenters. The molecule has 3 amide bonds. The van der Waals surface area contributed by atoms with Gasteiger partial charge in [-0.05, 0) is 45.0 Å². The summed E-state index contributed by atoms with van der Waals surface area (Å²) in [7, 11) is 3.24. The summed E-state index contributed by atoms with van der Waals surface area (Å²) in [5.74, 6) is 1.99. The Labute approximate surface area is 246 Å². The molecule has 5 rings (SSSR count). The summed E-state index contributed by atoms with van der Waals surface area (Å²) in [6.45, 7) is 9.70. The van der Waals surface area contributed by atoms with Gasteiger partial charge in [-0.25, -0.2) is 9.78 Å². The van der Waals surface area contributed by atoms with E-state index in [0.717, 1.165) is 52.5 Å². The fourth-order valence-electron chi connectivity index (χ4n) is 5.81. The first-order valence-corrected chi connectivity index (χ1v) is 14.2. The highest BCUT2D eigenvalue weighted by molar-refractivity contribution is 6.07. The molecular weight excluding hydrogens is 534 g/mol. The van der Waals surface area contributed by atoms with Gasteiger partial charge in [0, 0.05) is 79.1 Å². The molecule has 0 atom stereocenters. The van der Waals surface area contributed by atoms with Crippen molar-refractivity contribution in [2.24, 2.45) is 5.73 Å². The van der Waals surface area contributed by atoms with Crippen molar-refractivity contribution in [3.8, 4) is 11.5 Å². The van der Waals surface area contributed by atoms with Gasteiger partial charge in [-0.2, -0.15) is 0 Å². The number of methoxy groups -OCH3 is 2. The molecule has 3 N–H and O–H groups in total. The summed E-state index contributed by atoms with van der Waals surface area (Å²) in [5.41, 5.74) is 11.8. The lowest BCUT2D eigenvalue weighted by atomic mass is 10.0. The van der Waals surface area contributed by atoms with Crippen molar-refractivity contribution < 1.29 is 19.1 Å². The number of nitrogens with two attached hydrogens (primary N) is 1. The van der Waals surface area contributed by atoms with Gasteiger partial charge in [0.05, 0.1) is 38.7 Å². The minimum Gasteiger partial charge on any atom is -0.496 e. The molecule has 0 saturated carbocycles. The largest absolute Gasteiger partial charge is 0.496 e. The number of aromatic nitrogens is 1. The summed E-state index contributed by atoms with van der Waals surface area (Å²) >= 11 is 0. The van der Waals surface area contributed by atoms with Crippen LogP contribution in [0.15, 0.2) is 42.6 Å². The topological polar surface area (TPSA) is 116 Å². The number of amides is 3. The fraction of sp³-hybridized carbons (Fsp3) is 0.387. The summed E-state index contributed by atoms with van der Waals surface area (Å²) in [6.07, 6.45) is 1.83. The van der Waals surface area contributed by atoms with Crippen LogP contribution in [0, 0.1) is 13.8 Å². The number of fused-ring (bicyclic) bond motifs is 1. The third-order valence-corrected chi connectivity index (χ3v) is 8.09. The number of nitrogens with zero attached hydrogens (tertiary/aromatic N) is 5. The summed E-state index contributed by atoms with van der Waals surface area (Å²) < 4.78 is 11.2. The molecule has 3 aromatic rings. The Balaban J connectivity index is 1.34. The second-order valence-electron chi connectivity index (χ2n) is 10.4. The molecule has 2 aliphatic heterocycles. The van der Waals surface area contributed by atoms with Crippen LogP contribution < -0.4 is 35.2 Å². The van der Waals surface area contributed by atoms with Crippen LogP contribution in [-0.2, 0) is 11.3 Å². The van der Waals surface area contributed by atoms with Crippen LogP contribution >= 0.6 is 0 Å². The zero-order valence-electron chi connectivity index (χ0n) is 24.9. The second kappa shape index (κ2) is 12.2. The lowest BCUT2D eigenvalue weighted by Gasteiger charge is -2.38. The standard InChI is InChI=1S/C31H39N7O4/c1-6-37-25-15-28(34-23-7-9-24(10-8-23)35-11-13-36(14-12-35)29(39)17-32)33-18-22(25)19-38(31(37)40)30-20(2)26(41-4)16-27(42-5)21(30)3/h7-10,15-16,18H,6,11-14,17,19,32H2,1-5H3,(H,33,34). The first-order valence-electron chi connectivity index (χ1n) is 14.2. The van der Waals surface area contributed by atoms with E-state index in [2.05, 4.69) is 27.3 Å². The number of carbonyl (C=O) groups excluding carboxylic acids is 2. The molecule has 42 heavy (non-hydrogen) atoms. The van der Waals surface area contributed by atoms with Crippen LogP contribution in [0.3, 0.4) is 0 Å². The molecular formula is C31H39N7O4. The highest BCUT2D eigenvalue weighted by Crippen LogP contribution is 2.42. The van der Waals surface area contributed by atoms with Crippen molar-refractivity contribution in [1.82, 2.24) is 9.88 Å². The van der Waals surface area contributed by atoms with Crippen molar-refractivity contribution in [2.45, 2.75) is 27.3 Å². The minimum atomic E-state index is -0.110. The van der Waals surface area contributed by atoms with Gasteiger partial charge in [0.25, 0.3) is 0 Å². The normalized spacial score (nSPS) is 15.0. The number of hydrogen-bond donors (Lipinski definition) is 2. The van der Waals surface area contributed by atoms with Crippen LogP contribution in [0.25, 0.3) is 0 Å². The molecule has 1 aromatic heterocycles. The molecule has 0 bridgehead atoms. The van der Waals surface area contributed by atoms with E-state index >= 15 is 0 Å². The predicted molar refractivity (Wildman–Crippen MR) is 165 cm³/mol. The van der Waals surface area contributed by atoms with E-state index in [4.69, 9.17) is 15.2 Å². The zero-order chi connectivity index (χ0) is 30.0. The predicted octanol–water partition coefficient (Wildman–Crippen LogP) is 4.03. The Hall–Kier alpha value is -4.51. The fourth-order valence-corrected chi connectivity index (χ4v) is 5.81. The Kier molecular flexibility index (Phi) is 8.39. The quantitative estimate of drug-likeness (QED) is 0.415. The van der Waals surface area contributed by atoms with Gasteiger partial charge in [-0.3, -0.25) is 14.6 Å². The van der Waals surface area contributed by atoms with Crippen LogP contribution in [0.1, 0.15) is 23.6 Å². The van der Waals surface area contributed by atoms with Gasteiger partial charge in [0.1, 0.15) is 17.3 Å². The molecule has 2 aromatic carbocycles. The van der Waals surface area contributed by atoms with E-state index in [9.17, 15) is 9.59 Å². The van der Waals surface area contributed by atoms with E-state index in [1.54, 1.807) is 24.0 Å². The molecule has 222 valence electrons. The van der Waals surface area contributed by atoms with Crippen molar-refractivity contribution in [3.05, 3.63) is 59.3 Å². The first-order chi connectivity index (χ1) is 20.3. The van der Waals surface area contributed by atoms with Crippen molar-refractivity contribution >= 4 is 40.5 Å². The zero-order valence-corrected chi connectivity index (χ0v) is 24.9. The maximum Gasteiger partial charge on any atom is 0.329 e. The number of carbonyl (C=O) groups is 2. The number of nitrogens with one attached hydrogen (secondary N) is 1. The van der Waals surface area contributed by atoms with Gasteiger partial charge in [0.2, 0.25) is 5.91 Å². The van der Waals surface area contributed by atoms with Crippen LogP contribution in [0.4, 0.5) is 33.4 Å². The van der Waals surface area contributed by atoms with E-state index in [1.807, 2.05) is 56.1 Å². The number of pyridine rings is 1. The van der Waals surface area contributed by atoms with Gasteiger partial charge in [0.15, 0.2) is 0 Å². The molecule has 0 radical (unpaired) electrons. The molecule has 3 heterocycles. The maximum absolute atomic E-state index is 13.9. The maximum atomic E-state index is 13.9. The average Bonchev–Trinajstić information content (AvgIpc) is 3.02. The van der Waals surface area contributed by atoms with Crippen LogP contribution in [0.2, 0.25) is 0 Å². The number of hydrogen-bond acceptors (Lipinski definition) is 8. The van der Waals surface area contributed by atoms with E-state index in [0.29, 0.717) is 43.5 Å². The minimum absolute atomic E-state index is 0.00597. The van der Waals surface area contributed by atoms with E-state index in [-0.39, 0.29) is 18.5 Å². The number of anilines is 5. The molecule has 0 aliphatic carbocycles. The molecule has 1 fully saturated rings. The van der Waals surface area contributed by atoms with E-state index < -0.39 is 0 Å². The lowest BCUT2D eigenvalue weighted by Crippen LogP contribution is -2.50. The van der Waals surface area contributed by atoms with Gasteiger partial charge in [-0.1, -0.05) is 0 Å². The van der Waals surface area contributed by atoms with Crippen molar-refractivity contribution in [1.29, 1.82) is 0 Å². The van der Waals surface area contributed by atoms with Crippen molar-refractivity contribution in [2.75, 3.05) is 73.5 Å². The summed E-state index contributed by atoms with van der Waals surface area (Å²) in [6, 6.07) is 11.8. The Morgan fingerprint density at radius 2 is 1.64 bits per heavy atom. The number of benzene rings is 2. The van der Waals surface area contributed by atoms with E-state index in [1.165, 1.54) is 0 Å². The Morgan fingerprint density at radius 1 is 1.00 bits per heavy atom. The number of urea groups is 1. The number of ether oxygens (including phenoxy) is 2. The molecule has 0 spiro atoms. The SMILES string of the molecule is CCN1C(=O)N(c2c(C)c(OC)cc(OC)c2C)Cc2cnc(Nc3ccc(N4CCN(C(=O)CN)CC4)cc3)cc21. The second-order valence-corrected chi connectivity index (χ2v) is 10.4. The number of rotatable bonds is 8. The third kappa shape index (κ3) is 5.39. The summed E-state index contributed by atoms with van der Waals surface area (Å²) in [4.78, 5) is 38.0. The Morgan fingerprint density at radius 3 is 2.21 bits per heavy atom. The third-order valence-electron chi connectivity index (χ3n) is 8.09. The highest BCUT2D eigenvalue weighted by Gasteiger charge is 2.34. The molecule has 11 nitrogen and oxygen atoms in total. The van der Waals surface area contributed by atoms with Gasteiger partial charge >= 0.3 is 6.03 Å². The highest BCUT2D eigenvalue weighted by atomic mass is 16.5. The average molecular weight is 574 g/mol. The molecule has 1 saturated heterocycles. The first kappa shape index (κ1) is 29.0. The number of piperazine rings is 1. The van der Waals surface area contributed by atoms with Crippen LogP contribution in [0.5, 0.6) is 11.5 Å². The Bertz CT molecular complexity index is 1440. The van der Waals surface area contributed by atoms with Crippen molar-refractivity contribution in [3.63, 3.8) is 0 Å². The molecule has 11 heteroatoms.